The lowest BCUT2D eigenvalue weighted by Crippen LogP contribution is -2.31. The zero-order valence-electron chi connectivity index (χ0n) is 23.3. The van der Waals surface area contributed by atoms with Crippen LogP contribution in [0.2, 0.25) is 6.22 Å². The molecule has 0 heterocycles. The molecule has 0 aromatic heterocycles. The molecule has 5 nitrogen and oxygen atoms in total. The molecular formula is C28H40B2Br2NO4P. The summed E-state index contributed by atoms with van der Waals surface area (Å²) in [6.07, 6.45) is 1.72. The largest absolute Gasteiger partial charge is 0.454 e. The van der Waals surface area contributed by atoms with Crippen LogP contribution in [0.3, 0.4) is 0 Å². The van der Waals surface area contributed by atoms with Crippen molar-refractivity contribution in [2.75, 3.05) is 49.1 Å². The van der Waals surface area contributed by atoms with Gasteiger partial charge >= 0.3 is 14.2 Å². The molecule has 38 heavy (non-hydrogen) atoms. The normalized spacial score (nSPS) is 10.5. The molecule has 3 aromatic carbocycles. The van der Waals surface area contributed by atoms with Crippen molar-refractivity contribution in [3.8, 4) is 0 Å². The van der Waals surface area contributed by atoms with Crippen molar-refractivity contribution in [3.05, 3.63) is 91.0 Å². The van der Waals surface area contributed by atoms with Gasteiger partial charge in [0.1, 0.15) is 0 Å². The van der Waals surface area contributed by atoms with Crippen molar-refractivity contribution in [1.29, 1.82) is 0 Å². The highest BCUT2D eigenvalue weighted by Crippen LogP contribution is 2.32. The predicted molar refractivity (Wildman–Crippen MR) is 174 cm³/mol. The molecule has 0 radical (unpaired) electrons. The maximum absolute atomic E-state index is 4.95. The lowest BCUT2D eigenvalue weighted by atomic mass is 9.64. The first-order valence-corrected chi connectivity index (χ1v) is 15.5. The van der Waals surface area contributed by atoms with E-state index in [0.717, 1.165) is 13.0 Å². The van der Waals surface area contributed by atoms with Crippen LogP contribution in [-0.2, 0) is 18.6 Å². The Balaban J connectivity index is 0.000000325. The van der Waals surface area contributed by atoms with Gasteiger partial charge in [0.2, 0.25) is 0 Å². The van der Waals surface area contributed by atoms with E-state index >= 15 is 0 Å². The van der Waals surface area contributed by atoms with E-state index in [0.29, 0.717) is 9.96 Å². The molecule has 0 aliphatic carbocycles. The van der Waals surface area contributed by atoms with Crippen LogP contribution < -0.4 is 15.9 Å². The van der Waals surface area contributed by atoms with Gasteiger partial charge < -0.3 is 23.5 Å². The number of hydrogen-bond acceptors (Lipinski definition) is 5. The Morgan fingerprint density at radius 3 is 1.16 bits per heavy atom. The van der Waals surface area contributed by atoms with E-state index in [9.17, 15) is 0 Å². The minimum Gasteiger partial charge on any atom is -0.414 e. The second kappa shape index (κ2) is 21.8. The molecule has 0 amide bonds. The average molecular weight is 667 g/mol. The first kappa shape index (κ1) is 35.0. The fraction of sp³-hybridized carbons (Fsp3) is 0.357. The van der Waals surface area contributed by atoms with Crippen molar-refractivity contribution >= 4 is 69.9 Å². The van der Waals surface area contributed by atoms with Crippen molar-refractivity contribution in [3.63, 3.8) is 0 Å². The van der Waals surface area contributed by atoms with Gasteiger partial charge in [0.15, 0.2) is 0 Å². The summed E-state index contributed by atoms with van der Waals surface area (Å²) >= 11 is 6.79. The van der Waals surface area contributed by atoms with Crippen molar-refractivity contribution < 1.29 is 18.6 Å². The van der Waals surface area contributed by atoms with Gasteiger partial charge in [-0.3, -0.25) is 0 Å². The summed E-state index contributed by atoms with van der Waals surface area (Å²) in [6.45, 7) is 1.13. The van der Waals surface area contributed by atoms with E-state index in [1.807, 2.05) is 0 Å². The highest BCUT2D eigenvalue weighted by molar-refractivity contribution is 9.24. The van der Waals surface area contributed by atoms with Crippen LogP contribution in [0.5, 0.6) is 0 Å². The standard InChI is InChI=1S/C18H15P.C5H14B2O4.C5H11Br2N/c1-4-10-16(11-5-1)19(17-12-6-2-7-13-17)18-14-8-3-9-15-18;1-8-6(9-2)5-7(10-3)11-4;1-8(2)4-3-5(6)7/h1-15H;5H2,1-4H3;5H,3-4H2,1-2H3. The van der Waals surface area contributed by atoms with Crippen LogP contribution >= 0.6 is 39.8 Å². The summed E-state index contributed by atoms with van der Waals surface area (Å²) in [6, 6.07) is 32.3. The Bertz CT molecular complexity index is 827. The van der Waals surface area contributed by atoms with Gasteiger partial charge in [-0.15, -0.1) is 0 Å². The third-order valence-corrected chi connectivity index (χ3v) is 8.63. The van der Waals surface area contributed by atoms with E-state index < -0.39 is 7.92 Å². The van der Waals surface area contributed by atoms with E-state index in [4.69, 9.17) is 18.6 Å². The Hall–Kier alpha value is -1.02. The predicted octanol–water partition coefficient (Wildman–Crippen LogP) is 5.59. The second-order valence-corrected chi connectivity index (χ2v) is 14.0. The molecule has 3 rings (SSSR count). The second-order valence-electron chi connectivity index (χ2n) is 8.36. The highest BCUT2D eigenvalue weighted by Gasteiger charge is 2.26. The van der Waals surface area contributed by atoms with E-state index in [1.165, 1.54) is 15.9 Å². The van der Waals surface area contributed by atoms with Crippen LogP contribution in [0.1, 0.15) is 6.42 Å². The summed E-state index contributed by atoms with van der Waals surface area (Å²) < 4.78 is 20.3. The van der Waals surface area contributed by atoms with Crippen LogP contribution in [0.25, 0.3) is 0 Å². The molecule has 0 bridgehead atoms. The Morgan fingerprint density at radius 2 is 0.947 bits per heavy atom. The van der Waals surface area contributed by atoms with Crippen LogP contribution in [-0.4, -0.2) is 72.0 Å². The minimum absolute atomic E-state index is 0.264. The minimum atomic E-state index is -0.446. The van der Waals surface area contributed by atoms with Gasteiger partial charge in [-0.25, -0.2) is 0 Å². The van der Waals surface area contributed by atoms with Gasteiger partial charge in [0, 0.05) is 34.7 Å². The zero-order valence-corrected chi connectivity index (χ0v) is 27.4. The Morgan fingerprint density at radius 1 is 0.632 bits per heavy atom. The van der Waals surface area contributed by atoms with Gasteiger partial charge in [-0.1, -0.05) is 123 Å². The summed E-state index contributed by atoms with van der Waals surface area (Å²) in [5.74, 6) is 0. The first-order valence-electron chi connectivity index (χ1n) is 12.4. The number of halogens is 2. The molecule has 0 aliphatic rings. The molecule has 0 atom stereocenters. The molecule has 0 spiro atoms. The van der Waals surface area contributed by atoms with Gasteiger partial charge in [0.05, 0.1) is 3.74 Å². The summed E-state index contributed by atoms with van der Waals surface area (Å²) in [5.41, 5.74) is 0. The number of rotatable bonds is 12. The van der Waals surface area contributed by atoms with E-state index in [1.54, 1.807) is 28.4 Å². The molecular weight excluding hydrogens is 627 g/mol. The molecule has 0 saturated carbocycles. The van der Waals surface area contributed by atoms with Crippen molar-refractivity contribution in [1.82, 2.24) is 4.90 Å². The topological polar surface area (TPSA) is 40.2 Å². The molecule has 0 fully saturated rings. The third-order valence-electron chi connectivity index (χ3n) is 5.27. The fourth-order valence-corrected chi connectivity index (χ4v) is 5.98. The smallest absolute Gasteiger partial charge is 0.414 e. The van der Waals surface area contributed by atoms with Crippen LogP contribution in [0.4, 0.5) is 0 Å². The zero-order chi connectivity index (χ0) is 28.2. The fourth-order valence-electron chi connectivity index (χ4n) is 3.27. The molecule has 3 aromatic rings. The summed E-state index contributed by atoms with van der Waals surface area (Å²) in [5, 5.41) is 4.19. The molecule has 0 unspecified atom stereocenters. The van der Waals surface area contributed by atoms with Crippen LogP contribution in [0, 0.1) is 0 Å². The number of benzene rings is 3. The number of hydrogen-bond donors (Lipinski definition) is 0. The quantitative estimate of drug-likeness (QED) is 0.143. The summed E-state index contributed by atoms with van der Waals surface area (Å²) in [4.78, 5) is 2.16. The highest BCUT2D eigenvalue weighted by atomic mass is 79.9. The molecule has 10 heteroatoms. The van der Waals surface area contributed by atoms with E-state index in [-0.39, 0.29) is 14.2 Å². The molecule has 0 N–H and O–H groups in total. The first-order chi connectivity index (χ1) is 18.4. The maximum Gasteiger partial charge on any atom is 0.454 e. The molecule has 0 aliphatic heterocycles. The Kier molecular flexibility index (Phi) is 20.0. The Labute approximate surface area is 248 Å². The van der Waals surface area contributed by atoms with Crippen molar-refractivity contribution in [2.24, 2.45) is 0 Å². The molecule has 206 valence electrons. The average Bonchev–Trinajstić information content (AvgIpc) is 2.95. The number of alkyl halides is 2. The van der Waals surface area contributed by atoms with Crippen LogP contribution in [0.15, 0.2) is 91.0 Å². The monoisotopic (exact) mass is 665 g/mol. The lowest BCUT2D eigenvalue weighted by Gasteiger charge is -2.18. The maximum atomic E-state index is 4.95. The van der Waals surface area contributed by atoms with E-state index in [2.05, 4.69) is 142 Å². The number of nitrogens with zero attached hydrogens (tertiary/aromatic N) is 1. The SMILES string of the molecule is CN(C)CCC(Br)Br.COB(CB(OC)OC)OC.c1ccc(P(c2ccccc2)c2ccccc2)cc1. The van der Waals surface area contributed by atoms with Gasteiger partial charge in [-0.05, 0) is 50.9 Å². The van der Waals surface area contributed by atoms with Crippen molar-refractivity contribution in [2.45, 2.75) is 16.4 Å². The molecule has 0 saturated heterocycles. The van der Waals surface area contributed by atoms with Gasteiger partial charge in [0.25, 0.3) is 0 Å². The third kappa shape index (κ3) is 14.9. The summed E-state index contributed by atoms with van der Waals surface area (Å²) in [7, 11) is 9.49. The lowest BCUT2D eigenvalue weighted by molar-refractivity contribution is 0.258. The van der Waals surface area contributed by atoms with Gasteiger partial charge in [-0.2, -0.15) is 0 Å².